The van der Waals surface area contributed by atoms with Crippen molar-refractivity contribution in [3.05, 3.63) is 45.8 Å². The van der Waals surface area contributed by atoms with Crippen molar-refractivity contribution in [2.45, 2.75) is 32.1 Å². The second kappa shape index (κ2) is 6.96. The fraction of sp³-hybridized carbons (Fsp3) is 0.450. The second-order valence-corrected chi connectivity index (χ2v) is 8.22. The van der Waals surface area contributed by atoms with Crippen LogP contribution in [-0.4, -0.2) is 51.6 Å². The molecular formula is C20H23N5OS. The number of pyridine rings is 1. The van der Waals surface area contributed by atoms with Gasteiger partial charge in [0.25, 0.3) is 5.91 Å². The maximum atomic E-state index is 13.2. The molecule has 0 bridgehead atoms. The van der Waals surface area contributed by atoms with Crippen LogP contribution >= 0.6 is 11.3 Å². The summed E-state index contributed by atoms with van der Waals surface area (Å²) in [6, 6.07) is 5.93. The Bertz CT molecular complexity index is 978. The minimum absolute atomic E-state index is 0.219. The molecule has 0 atom stereocenters. The van der Waals surface area contributed by atoms with Crippen LogP contribution < -0.4 is 4.90 Å². The van der Waals surface area contributed by atoms with Gasteiger partial charge in [-0.1, -0.05) is 6.07 Å². The van der Waals surface area contributed by atoms with E-state index in [4.69, 9.17) is 0 Å². The van der Waals surface area contributed by atoms with Crippen molar-refractivity contribution < 1.29 is 4.79 Å². The number of thiophene rings is 1. The van der Waals surface area contributed by atoms with Crippen LogP contribution in [0.5, 0.6) is 0 Å². The number of hydrogen-bond acceptors (Lipinski definition) is 5. The topological polar surface area (TPSA) is 53.7 Å². The fourth-order valence-corrected chi connectivity index (χ4v) is 5.33. The van der Waals surface area contributed by atoms with Gasteiger partial charge in [0, 0.05) is 32.4 Å². The number of fused-ring (bicyclic) bond motifs is 2. The lowest BCUT2D eigenvalue weighted by atomic mass is 9.93. The smallest absolute Gasteiger partial charge is 0.264 e. The number of aryl methyl sites for hydroxylation is 1. The SMILES string of the molecule is O=C(c1scc2c1CCCC2)N1CCCN(c2nnc3ccccn23)CC1. The molecule has 1 aliphatic heterocycles. The first-order valence-corrected chi connectivity index (χ1v) is 10.6. The molecule has 0 saturated carbocycles. The molecule has 2 aliphatic rings. The molecule has 1 saturated heterocycles. The molecule has 27 heavy (non-hydrogen) atoms. The highest BCUT2D eigenvalue weighted by Crippen LogP contribution is 2.31. The number of anilines is 1. The van der Waals surface area contributed by atoms with Crippen LogP contribution in [0, 0.1) is 0 Å². The van der Waals surface area contributed by atoms with Crippen LogP contribution in [-0.2, 0) is 12.8 Å². The van der Waals surface area contributed by atoms with Crippen LogP contribution in [0.25, 0.3) is 5.65 Å². The zero-order chi connectivity index (χ0) is 18.2. The first-order chi connectivity index (χ1) is 13.3. The van der Waals surface area contributed by atoms with Crippen LogP contribution in [0.15, 0.2) is 29.8 Å². The minimum Gasteiger partial charge on any atom is -0.339 e. The molecule has 0 N–H and O–H groups in total. The first kappa shape index (κ1) is 16.7. The summed E-state index contributed by atoms with van der Waals surface area (Å²) in [4.78, 5) is 18.4. The van der Waals surface area contributed by atoms with Gasteiger partial charge in [0.2, 0.25) is 5.95 Å². The third-order valence-electron chi connectivity index (χ3n) is 5.66. The minimum atomic E-state index is 0.219. The van der Waals surface area contributed by atoms with Gasteiger partial charge in [0.15, 0.2) is 5.65 Å². The highest BCUT2D eigenvalue weighted by atomic mass is 32.1. The maximum Gasteiger partial charge on any atom is 0.264 e. The first-order valence-electron chi connectivity index (χ1n) is 9.74. The Balaban J connectivity index is 1.34. The van der Waals surface area contributed by atoms with E-state index in [1.807, 2.05) is 33.7 Å². The molecule has 140 valence electrons. The highest BCUT2D eigenvalue weighted by molar-refractivity contribution is 7.12. The van der Waals surface area contributed by atoms with Gasteiger partial charge in [-0.15, -0.1) is 21.5 Å². The average Bonchev–Trinajstić information content (AvgIpc) is 3.25. The number of nitrogens with zero attached hydrogens (tertiary/aromatic N) is 5. The van der Waals surface area contributed by atoms with Gasteiger partial charge < -0.3 is 9.80 Å². The lowest BCUT2D eigenvalue weighted by Gasteiger charge is -2.22. The van der Waals surface area contributed by atoms with Crippen molar-refractivity contribution in [2.75, 3.05) is 31.1 Å². The van der Waals surface area contributed by atoms with Crippen molar-refractivity contribution in [1.82, 2.24) is 19.5 Å². The summed E-state index contributed by atoms with van der Waals surface area (Å²) < 4.78 is 2.02. The van der Waals surface area contributed by atoms with Gasteiger partial charge in [0.05, 0.1) is 4.88 Å². The predicted octanol–water partition coefficient (Wildman–Crippen LogP) is 3.02. The Morgan fingerprint density at radius 2 is 1.93 bits per heavy atom. The summed E-state index contributed by atoms with van der Waals surface area (Å²) in [5, 5.41) is 10.8. The Hall–Kier alpha value is -2.41. The molecule has 3 aromatic rings. The van der Waals surface area contributed by atoms with Crippen LogP contribution in [0.3, 0.4) is 0 Å². The molecule has 0 unspecified atom stereocenters. The Morgan fingerprint density at radius 1 is 1.00 bits per heavy atom. The number of aromatic nitrogens is 3. The molecule has 1 fully saturated rings. The van der Waals surface area contributed by atoms with Crippen LogP contribution in [0.2, 0.25) is 0 Å². The van der Waals surface area contributed by atoms with Crippen molar-refractivity contribution in [3.63, 3.8) is 0 Å². The van der Waals surface area contributed by atoms with E-state index in [0.717, 1.165) is 61.9 Å². The van der Waals surface area contributed by atoms with E-state index >= 15 is 0 Å². The Kier molecular flexibility index (Phi) is 4.32. The van der Waals surface area contributed by atoms with Gasteiger partial charge in [0.1, 0.15) is 0 Å². The largest absolute Gasteiger partial charge is 0.339 e. The standard InChI is InChI=1S/C20H23N5OS/c26-19(18-16-7-2-1-6-15(16)14-27-18)23-9-5-10-24(13-12-23)20-22-21-17-8-3-4-11-25(17)20/h3-4,8,11,14H,1-2,5-7,9-10,12-13H2. The van der Waals surface area contributed by atoms with Crippen molar-refractivity contribution in [2.24, 2.45) is 0 Å². The van der Waals surface area contributed by atoms with Crippen molar-refractivity contribution in [1.29, 1.82) is 0 Å². The normalized spacial score (nSPS) is 17.8. The summed E-state index contributed by atoms with van der Waals surface area (Å²) >= 11 is 1.64. The average molecular weight is 382 g/mol. The van der Waals surface area contributed by atoms with E-state index in [1.54, 1.807) is 11.3 Å². The third kappa shape index (κ3) is 3.00. The van der Waals surface area contributed by atoms with Gasteiger partial charge in [-0.05, 0) is 60.7 Å². The molecule has 0 spiro atoms. The second-order valence-electron chi connectivity index (χ2n) is 7.34. The molecule has 0 radical (unpaired) electrons. The molecule has 6 nitrogen and oxygen atoms in total. The van der Waals surface area contributed by atoms with E-state index in [9.17, 15) is 4.79 Å². The molecular weight excluding hydrogens is 358 g/mol. The quantitative estimate of drug-likeness (QED) is 0.685. The van der Waals surface area contributed by atoms with Crippen molar-refractivity contribution >= 4 is 28.8 Å². The predicted molar refractivity (Wildman–Crippen MR) is 107 cm³/mol. The van der Waals surface area contributed by atoms with E-state index in [1.165, 1.54) is 24.0 Å². The summed E-state index contributed by atoms with van der Waals surface area (Å²) in [5.41, 5.74) is 3.58. The van der Waals surface area contributed by atoms with Crippen LogP contribution in [0.1, 0.15) is 40.1 Å². The molecule has 1 aliphatic carbocycles. The van der Waals surface area contributed by atoms with Gasteiger partial charge in [-0.2, -0.15) is 0 Å². The number of amides is 1. The summed E-state index contributed by atoms with van der Waals surface area (Å²) in [6.45, 7) is 3.21. The van der Waals surface area contributed by atoms with E-state index in [-0.39, 0.29) is 5.91 Å². The van der Waals surface area contributed by atoms with E-state index in [0.29, 0.717) is 0 Å². The zero-order valence-electron chi connectivity index (χ0n) is 15.3. The lowest BCUT2D eigenvalue weighted by molar-refractivity contribution is 0.0770. The van der Waals surface area contributed by atoms with Crippen LogP contribution in [0.4, 0.5) is 5.95 Å². The van der Waals surface area contributed by atoms with Gasteiger partial charge >= 0.3 is 0 Å². The number of carbonyl (C=O) groups is 1. The number of carbonyl (C=O) groups excluding carboxylic acids is 1. The monoisotopic (exact) mass is 381 g/mol. The number of rotatable bonds is 2. The summed E-state index contributed by atoms with van der Waals surface area (Å²) in [6.07, 6.45) is 7.59. The third-order valence-corrected chi connectivity index (χ3v) is 6.72. The molecule has 0 aromatic carbocycles. The van der Waals surface area contributed by atoms with Gasteiger partial charge in [-0.3, -0.25) is 9.20 Å². The van der Waals surface area contributed by atoms with E-state index in [2.05, 4.69) is 20.5 Å². The van der Waals surface area contributed by atoms with Gasteiger partial charge in [-0.25, -0.2) is 0 Å². The fourth-order valence-electron chi connectivity index (χ4n) is 4.21. The molecule has 7 heteroatoms. The Labute approximate surface area is 162 Å². The molecule has 3 aromatic heterocycles. The zero-order valence-corrected chi connectivity index (χ0v) is 16.1. The highest BCUT2D eigenvalue weighted by Gasteiger charge is 2.27. The molecule has 4 heterocycles. The summed E-state index contributed by atoms with van der Waals surface area (Å²) in [5.74, 6) is 1.09. The maximum absolute atomic E-state index is 13.2. The Morgan fingerprint density at radius 3 is 2.89 bits per heavy atom. The summed E-state index contributed by atoms with van der Waals surface area (Å²) in [7, 11) is 0. The molecule has 5 rings (SSSR count). The van der Waals surface area contributed by atoms with Crippen molar-refractivity contribution in [3.8, 4) is 0 Å². The lowest BCUT2D eigenvalue weighted by Crippen LogP contribution is -2.35. The molecule has 1 amide bonds. The number of hydrogen-bond donors (Lipinski definition) is 0. The van der Waals surface area contributed by atoms with E-state index < -0.39 is 0 Å².